The Morgan fingerprint density at radius 2 is 1.64 bits per heavy atom. The second-order valence-electron chi connectivity index (χ2n) is 6.16. The molecule has 1 aliphatic heterocycles. The molecule has 1 unspecified atom stereocenters. The van der Waals surface area contributed by atoms with Crippen molar-refractivity contribution in [2.24, 2.45) is 0 Å². The van der Waals surface area contributed by atoms with E-state index >= 15 is 0 Å². The lowest BCUT2D eigenvalue weighted by Gasteiger charge is -2.31. The second-order valence-corrected chi connectivity index (χ2v) is 8.88. The highest BCUT2D eigenvalue weighted by Crippen LogP contribution is 2.44. The van der Waals surface area contributed by atoms with Crippen molar-refractivity contribution in [2.75, 3.05) is 5.32 Å². The standard InChI is InChI=1S/C18H13Cl2NO3S/c19-12-3-1-10(2-4-12)11-7-15-18(16(22)8-11)25(23,24)17-9-13(20)5-6-14(17)21-15/h1-6,9,11,21H,7-8H2. The summed E-state index contributed by atoms with van der Waals surface area (Å²) in [4.78, 5) is 12.6. The van der Waals surface area contributed by atoms with Gasteiger partial charge in [0.15, 0.2) is 5.78 Å². The summed E-state index contributed by atoms with van der Waals surface area (Å²) < 4.78 is 25.8. The zero-order chi connectivity index (χ0) is 17.8. The molecule has 128 valence electrons. The molecule has 1 atom stereocenters. The number of carbonyl (C=O) groups excluding carboxylic acids is 1. The van der Waals surface area contributed by atoms with Gasteiger partial charge in [-0.05, 0) is 48.2 Å². The Morgan fingerprint density at radius 3 is 2.36 bits per heavy atom. The van der Waals surface area contributed by atoms with Gasteiger partial charge in [-0.15, -0.1) is 0 Å². The molecule has 0 saturated heterocycles. The number of ketones is 1. The third-order valence-electron chi connectivity index (χ3n) is 4.54. The van der Waals surface area contributed by atoms with Crippen molar-refractivity contribution in [3.05, 3.63) is 68.7 Å². The molecule has 4 nitrogen and oxygen atoms in total. The van der Waals surface area contributed by atoms with Crippen LogP contribution >= 0.6 is 23.2 Å². The Hall–Kier alpha value is -1.82. The number of Topliss-reactive ketones (excluding diaryl/α,β-unsaturated/α-hetero) is 1. The van der Waals surface area contributed by atoms with Gasteiger partial charge < -0.3 is 5.32 Å². The summed E-state index contributed by atoms with van der Waals surface area (Å²) in [6, 6.07) is 11.9. The Balaban J connectivity index is 1.78. The van der Waals surface area contributed by atoms with E-state index in [1.807, 2.05) is 12.1 Å². The van der Waals surface area contributed by atoms with Crippen molar-refractivity contribution >= 4 is 44.5 Å². The fraction of sp³-hybridized carbons (Fsp3) is 0.167. The van der Waals surface area contributed by atoms with Crippen LogP contribution in [0.2, 0.25) is 10.0 Å². The van der Waals surface area contributed by atoms with Crippen LogP contribution in [0.15, 0.2) is 58.0 Å². The van der Waals surface area contributed by atoms with Crippen molar-refractivity contribution in [3.63, 3.8) is 0 Å². The van der Waals surface area contributed by atoms with E-state index in [4.69, 9.17) is 23.2 Å². The van der Waals surface area contributed by atoms with E-state index in [0.717, 1.165) is 5.56 Å². The molecule has 2 aromatic carbocycles. The first-order valence-corrected chi connectivity index (χ1v) is 9.93. The van der Waals surface area contributed by atoms with E-state index in [1.54, 1.807) is 24.3 Å². The number of hydrogen-bond donors (Lipinski definition) is 1. The Morgan fingerprint density at radius 1 is 0.960 bits per heavy atom. The average molecular weight is 394 g/mol. The van der Waals surface area contributed by atoms with E-state index in [-0.39, 0.29) is 27.9 Å². The number of carbonyl (C=O) groups is 1. The fourth-order valence-electron chi connectivity index (χ4n) is 3.38. The molecule has 2 aromatic rings. The maximum absolute atomic E-state index is 12.9. The molecule has 0 bridgehead atoms. The molecule has 1 aliphatic carbocycles. The number of halogens is 2. The lowest BCUT2D eigenvalue weighted by atomic mass is 9.85. The fourth-order valence-corrected chi connectivity index (χ4v) is 5.50. The third kappa shape index (κ3) is 2.76. The van der Waals surface area contributed by atoms with Crippen molar-refractivity contribution in [1.29, 1.82) is 0 Å². The molecule has 0 aromatic heterocycles. The molecule has 0 saturated carbocycles. The number of allylic oxidation sites excluding steroid dienone is 2. The molecular weight excluding hydrogens is 381 g/mol. The van der Waals surface area contributed by atoms with Crippen LogP contribution in [-0.4, -0.2) is 14.2 Å². The summed E-state index contributed by atoms with van der Waals surface area (Å²) in [5, 5.41) is 4.05. The third-order valence-corrected chi connectivity index (χ3v) is 6.95. The van der Waals surface area contributed by atoms with Gasteiger partial charge in [-0.3, -0.25) is 4.79 Å². The van der Waals surface area contributed by atoms with E-state index < -0.39 is 9.84 Å². The van der Waals surface area contributed by atoms with Crippen LogP contribution in [0, 0.1) is 0 Å². The molecule has 1 heterocycles. The number of anilines is 1. The quantitative estimate of drug-likeness (QED) is 0.771. The largest absolute Gasteiger partial charge is 0.357 e. The second kappa shape index (κ2) is 5.87. The summed E-state index contributed by atoms with van der Waals surface area (Å²) in [6.45, 7) is 0. The lowest BCUT2D eigenvalue weighted by Crippen LogP contribution is -2.30. The number of nitrogens with one attached hydrogen (secondary N) is 1. The van der Waals surface area contributed by atoms with E-state index in [2.05, 4.69) is 5.32 Å². The van der Waals surface area contributed by atoms with Gasteiger partial charge in [0.2, 0.25) is 9.84 Å². The Bertz CT molecular complexity index is 1030. The number of rotatable bonds is 1. The van der Waals surface area contributed by atoms with E-state index in [0.29, 0.717) is 27.9 Å². The number of fused-ring (bicyclic) bond motifs is 1. The van der Waals surface area contributed by atoms with Crippen LogP contribution in [-0.2, 0) is 14.6 Å². The average Bonchev–Trinajstić information content (AvgIpc) is 2.55. The van der Waals surface area contributed by atoms with Crippen molar-refractivity contribution in [3.8, 4) is 0 Å². The van der Waals surface area contributed by atoms with Gasteiger partial charge >= 0.3 is 0 Å². The van der Waals surface area contributed by atoms with E-state index in [1.165, 1.54) is 6.07 Å². The maximum Gasteiger partial charge on any atom is 0.213 e. The minimum atomic E-state index is -3.86. The van der Waals surface area contributed by atoms with Gasteiger partial charge in [0, 0.05) is 22.2 Å². The normalized spacial score (nSPS) is 21.4. The minimum absolute atomic E-state index is 0.0528. The van der Waals surface area contributed by atoms with Crippen LogP contribution in [0.25, 0.3) is 0 Å². The minimum Gasteiger partial charge on any atom is -0.357 e. The van der Waals surface area contributed by atoms with Crippen molar-refractivity contribution in [2.45, 2.75) is 23.7 Å². The molecule has 4 rings (SSSR count). The topological polar surface area (TPSA) is 63.2 Å². The molecule has 25 heavy (non-hydrogen) atoms. The number of sulfone groups is 1. The monoisotopic (exact) mass is 393 g/mol. The first-order chi connectivity index (χ1) is 11.9. The zero-order valence-corrected chi connectivity index (χ0v) is 15.3. The molecule has 7 heteroatoms. The molecule has 0 radical (unpaired) electrons. The first kappa shape index (κ1) is 16.6. The maximum atomic E-state index is 12.9. The molecule has 2 aliphatic rings. The summed E-state index contributed by atoms with van der Waals surface area (Å²) in [5.74, 6) is -0.459. The van der Waals surface area contributed by atoms with Gasteiger partial charge in [0.05, 0.1) is 10.6 Å². The molecular formula is C18H13Cl2NO3S. The SMILES string of the molecule is O=C1CC(c2ccc(Cl)cc2)CC2=C1S(=O)(=O)c1cc(Cl)ccc1N2. The van der Waals surface area contributed by atoms with Gasteiger partial charge in [0.1, 0.15) is 4.91 Å². The summed E-state index contributed by atoms with van der Waals surface area (Å²) in [7, 11) is -3.86. The highest BCUT2D eigenvalue weighted by molar-refractivity contribution is 7.96. The highest BCUT2D eigenvalue weighted by atomic mass is 35.5. The highest BCUT2D eigenvalue weighted by Gasteiger charge is 2.41. The molecule has 1 N–H and O–H groups in total. The van der Waals surface area contributed by atoms with Crippen LogP contribution in [0.5, 0.6) is 0 Å². The molecule has 0 amide bonds. The van der Waals surface area contributed by atoms with Gasteiger partial charge in [-0.2, -0.15) is 0 Å². The summed E-state index contributed by atoms with van der Waals surface area (Å²) >= 11 is 11.8. The van der Waals surface area contributed by atoms with Gasteiger partial charge in [-0.25, -0.2) is 8.42 Å². The zero-order valence-electron chi connectivity index (χ0n) is 12.9. The molecule has 0 fully saturated rings. The first-order valence-electron chi connectivity index (χ1n) is 7.70. The lowest BCUT2D eigenvalue weighted by molar-refractivity contribution is -0.115. The van der Waals surface area contributed by atoms with Crippen LogP contribution in [0.4, 0.5) is 5.69 Å². The van der Waals surface area contributed by atoms with Crippen LogP contribution < -0.4 is 5.32 Å². The van der Waals surface area contributed by atoms with Gasteiger partial charge in [0.25, 0.3) is 0 Å². The number of hydrogen-bond acceptors (Lipinski definition) is 4. The Kier molecular flexibility index (Phi) is 3.90. The van der Waals surface area contributed by atoms with Crippen molar-refractivity contribution < 1.29 is 13.2 Å². The summed E-state index contributed by atoms with van der Waals surface area (Å²) in [5.41, 5.74) is 1.86. The van der Waals surface area contributed by atoms with Gasteiger partial charge in [-0.1, -0.05) is 35.3 Å². The smallest absolute Gasteiger partial charge is 0.213 e. The van der Waals surface area contributed by atoms with Crippen molar-refractivity contribution in [1.82, 2.24) is 0 Å². The predicted molar refractivity (Wildman–Crippen MR) is 97.7 cm³/mol. The van der Waals surface area contributed by atoms with Crippen LogP contribution in [0.3, 0.4) is 0 Å². The number of benzene rings is 2. The Labute approximate surface area is 155 Å². The predicted octanol–water partition coefficient (Wildman–Crippen LogP) is 4.55. The van der Waals surface area contributed by atoms with Crippen LogP contribution in [0.1, 0.15) is 24.3 Å². The summed E-state index contributed by atoms with van der Waals surface area (Å²) in [6.07, 6.45) is 0.598. The molecule has 0 spiro atoms. The van der Waals surface area contributed by atoms with E-state index in [9.17, 15) is 13.2 Å².